The van der Waals surface area contributed by atoms with E-state index in [9.17, 15) is 4.79 Å². The van der Waals surface area contributed by atoms with Gasteiger partial charge in [-0.25, -0.2) is 9.97 Å². The molecule has 0 aliphatic carbocycles. The summed E-state index contributed by atoms with van der Waals surface area (Å²) in [5, 5.41) is 7.60. The number of nitrogens with one attached hydrogen (secondary N) is 1. The number of carbonyl (C=O) groups is 1. The highest BCUT2D eigenvalue weighted by Crippen LogP contribution is 2.22. The Morgan fingerprint density at radius 3 is 2.73 bits per heavy atom. The Morgan fingerprint density at radius 2 is 2.00 bits per heavy atom. The van der Waals surface area contributed by atoms with Crippen LogP contribution in [0.15, 0.2) is 24.7 Å². The molecule has 0 bridgehead atoms. The molecule has 0 aromatic carbocycles. The molecule has 2 aromatic heterocycles. The number of aromatic nitrogens is 4. The molecule has 1 amide bonds. The monoisotopic (exact) mass is 358 g/mol. The van der Waals surface area contributed by atoms with E-state index in [4.69, 9.17) is 4.74 Å². The van der Waals surface area contributed by atoms with Gasteiger partial charge in [0, 0.05) is 44.3 Å². The average Bonchev–Trinajstić information content (AvgIpc) is 3.16. The summed E-state index contributed by atoms with van der Waals surface area (Å²) in [5.74, 6) is 1.27. The van der Waals surface area contributed by atoms with E-state index in [-0.39, 0.29) is 11.9 Å². The Labute approximate surface area is 153 Å². The molecule has 0 radical (unpaired) electrons. The molecular weight excluding hydrogens is 332 g/mol. The number of carbonyl (C=O) groups excluding carboxylic acids is 1. The van der Waals surface area contributed by atoms with Crippen LogP contribution in [0.3, 0.4) is 0 Å². The lowest BCUT2D eigenvalue weighted by atomic mass is 10.0. The molecule has 1 N–H and O–H groups in total. The SMILES string of the molecule is CCCOc1nccnc1NC1CCN(C(=O)c2ccnn2CC)CC1. The number of hydrogen-bond donors (Lipinski definition) is 1. The zero-order valence-electron chi connectivity index (χ0n) is 15.4. The van der Waals surface area contributed by atoms with Gasteiger partial charge in [0.05, 0.1) is 6.61 Å². The minimum Gasteiger partial charge on any atom is -0.475 e. The number of nitrogens with zero attached hydrogens (tertiary/aromatic N) is 5. The molecule has 26 heavy (non-hydrogen) atoms. The van der Waals surface area contributed by atoms with Crippen molar-refractivity contribution in [1.29, 1.82) is 0 Å². The second kappa shape index (κ2) is 8.64. The van der Waals surface area contributed by atoms with Gasteiger partial charge in [-0.3, -0.25) is 9.48 Å². The van der Waals surface area contributed by atoms with E-state index in [1.165, 1.54) is 0 Å². The summed E-state index contributed by atoms with van der Waals surface area (Å²) in [6.45, 7) is 6.76. The third kappa shape index (κ3) is 4.12. The minimum atomic E-state index is 0.0503. The third-order valence-electron chi connectivity index (χ3n) is 4.47. The number of amides is 1. The molecular formula is C18H26N6O2. The van der Waals surface area contributed by atoms with Gasteiger partial charge >= 0.3 is 0 Å². The van der Waals surface area contributed by atoms with E-state index >= 15 is 0 Å². The molecule has 0 saturated carbocycles. The summed E-state index contributed by atoms with van der Waals surface area (Å²) >= 11 is 0. The Bertz CT molecular complexity index is 724. The largest absolute Gasteiger partial charge is 0.475 e. The van der Waals surface area contributed by atoms with Crippen molar-refractivity contribution < 1.29 is 9.53 Å². The van der Waals surface area contributed by atoms with Gasteiger partial charge in [-0.2, -0.15) is 5.10 Å². The number of piperidine rings is 1. The quantitative estimate of drug-likeness (QED) is 0.817. The first kappa shape index (κ1) is 18.2. The van der Waals surface area contributed by atoms with E-state index in [1.807, 2.05) is 11.8 Å². The molecule has 0 atom stereocenters. The van der Waals surface area contributed by atoms with Crippen LogP contribution in [-0.4, -0.2) is 56.3 Å². The lowest BCUT2D eigenvalue weighted by Gasteiger charge is -2.32. The van der Waals surface area contributed by atoms with Crippen LogP contribution in [0.5, 0.6) is 5.88 Å². The number of likely N-dealkylation sites (tertiary alicyclic amines) is 1. The van der Waals surface area contributed by atoms with Gasteiger partial charge in [-0.05, 0) is 32.3 Å². The Balaban J connectivity index is 1.57. The fraction of sp³-hybridized carbons (Fsp3) is 0.556. The summed E-state index contributed by atoms with van der Waals surface area (Å²) in [5.41, 5.74) is 0.656. The maximum Gasteiger partial charge on any atom is 0.272 e. The van der Waals surface area contributed by atoms with E-state index in [0.717, 1.165) is 19.3 Å². The molecule has 1 fully saturated rings. The van der Waals surface area contributed by atoms with Crippen LogP contribution in [0.1, 0.15) is 43.6 Å². The van der Waals surface area contributed by atoms with Gasteiger partial charge in [0.25, 0.3) is 11.8 Å². The van der Waals surface area contributed by atoms with Gasteiger partial charge in [-0.1, -0.05) is 6.92 Å². The molecule has 0 spiro atoms. The predicted molar refractivity (Wildman–Crippen MR) is 98.3 cm³/mol. The Morgan fingerprint density at radius 1 is 1.23 bits per heavy atom. The maximum absolute atomic E-state index is 12.7. The van der Waals surface area contributed by atoms with Crippen molar-refractivity contribution in [1.82, 2.24) is 24.6 Å². The molecule has 1 aliphatic rings. The molecule has 8 nitrogen and oxygen atoms in total. The maximum atomic E-state index is 12.7. The topological polar surface area (TPSA) is 85.2 Å². The number of anilines is 1. The van der Waals surface area contributed by atoms with Gasteiger partial charge in [-0.15, -0.1) is 0 Å². The molecule has 3 heterocycles. The first-order chi connectivity index (χ1) is 12.7. The Hall–Kier alpha value is -2.64. The molecule has 2 aromatic rings. The first-order valence-electron chi connectivity index (χ1n) is 9.24. The first-order valence-corrected chi connectivity index (χ1v) is 9.24. The number of aryl methyl sites for hydroxylation is 1. The summed E-state index contributed by atoms with van der Waals surface area (Å²) in [6.07, 6.45) is 7.60. The summed E-state index contributed by atoms with van der Waals surface area (Å²) in [4.78, 5) is 23.2. The van der Waals surface area contributed by atoms with Crippen molar-refractivity contribution in [2.75, 3.05) is 25.0 Å². The second-order valence-corrected chi connectivity index (χ2v) is 6.30. The van der Waals surface area contributed by atoms with Crippen LogP contribution >= 0.6 is 0 Å². The van der Waals surface area contributed by atoms with E-state index in [2.05, 4.69) is 27.3 Å². The van der Waals surface area contributed by atoms with Crippen molar-refractivity contribution >= 4 is 11.7 Å². The van der Waals surface area contributed by atoms with Crippen molar-refractivity contribution in [2.24, 2.45) is 0 Å². The van der Waals surface area contributed by atoms with E-state index < -0.39 is 0 Å². The smallest absolute Gasteiger partial charge is 0.272 e. The summed E-state index contributed by atoms with van der Waals surface area (Å²) in [7, 11) is 0. The average molecular weight is 358 g/mol. The van der Waals surface area contributed by atoms with Crippen molar-refractivity contribution in [3.63, 3.8) is 0 Å². The van der Waals surface area contributed by atoms with Crippen molar-refractivity contribution in [2.45, 2.75) is 45.7 Å². The highest BCUT2D eigenvalue weighted by Gasteiger charge is 2.26. The molecule has 3 rings (SSSR count). The fourth-order valence-electron chi connectivity index (χ4n) is 3.08. The number of rotatable bonds is 7. The van der Waals surface area contributed by atoms with Gasteiger partial charge < -0.3 is 15.0 Å². The van der Waals surface area contributed by atoms with Crippen LogP contribution < -0.4 is 10.1 Å². The van der Waals surface area contributed by atoms with E-state index in [0.29, 0.717) is 43.6 Å². The lowest BCUT2D eigenvalue weighted by Crippen LogP contribution is -2.43. The van der Waals surface area contributed by atoms with Gasteiger partial charge in [0.15, 0.2) is 5.82 Å². The molecule has 1 aliphatic heterocycles. The Kier molecular flexibility index (Phi) is 6.04. The van der Waals surface area contributed by atoms with Crippen LogP contribution in [0.25, 0.3) is 0 Å². The highest BCUT2D eigenvalue weighted by molar-refractivity contribution is 5.92. The normalized spacial score (nSPS) is 15.1. The number of hydrogen-bond acceptors (Lipinski definition) is 6. The van der Waals surface area contributed by atoms with Gasteiger partial charge in [0.2, 0.25) is 0 Å². The minimum absolute atomic E-state index is 0.0503. The molecule has 1 saturated heterocycles. The second-order valence-electron chi connectivity index (χ2n) is 6.30. The summed E-state index contributed by atoms with van der Waals surface area (Å²) in [6, 6.07) is 2.03. The third-order valence-corrected chi connectivity index (χ3v) is 4.47. The van der Waals surface area contributed by atoms with Crippen LogP contribution in [0.2, 0.25) is 0 Å². The van der Waals surface area contributed by atoms with Crippen LogP contribution in [0, 0.1) is 0 Å². The van der Waals surface area contributed by atoms with Gasteiger partial charge in [0.1, 0.15) is 5.69 Å². The zero-order chi connectivity index (χ0) is 18.4. The summed E-state index contributed by atoms with van der Waals surface area (Å²) < 4.78 is 7.39. The lowest BCUT2D eigenvalue weighted by molar-refractivity contribution is 0.0705. The van der Waals surface area contributed by atoms with Crippen LogP contribution in [-0.2, 0) is 6.54 Å². The predicted octanol–water partition coefficient (Wildman–Crippen LogP) is 2.20. The number of ether oxygens (including phenoxy) is 1. The van der Waals surface area contributed by atoms with Crippen molar-refractivity contribution in [3.05, 3.63) is 30.4 Å². The highest BCUT2D eigenvalue weighted by atomic mass is 16.5. The fourth-order valence-corrected chi connectivity index (χ4v) is 3.08. The van der Waals surface area contributed by atoms with Crippen LogP contribution in [0.4, 0.5) is 5.82 Å². The standard InChI is InChI=1S/C18H26N6O2/c1-3-13-26-17-16(19-9-10-20-17)22-14-6-11-23(12-7-14)18(25)15-5-8-21-24(15)4-2/h5,8-10,14H,3-4,6-7,11-13H2,1-2H3,(H,19,22). The zero-order valence-corrected chi connectivity index (χ0v) is 15.4. The van der Waals surface area contributed by atoms with Crippen molar-refractivity contribution in [3.8, 4) is 5.88 Å². The molecule has 0 unspecified atom stereocenters. The molecule has 8 heteroatoms. The molecule has 140 valence electrons. The van der Waals surface area contributed by atoms with E-state index in [1.54, 1.807) is 29.3 Å².